The number of benzene rings is 2. The zero-order valence-corrected chi connectivity index (χ0v) is 22.6. The van der Waals surface area contributed by atoms with Crippen LogP contribution in [-0.4, -0.2) is 34.3 Å². The summed E-state index contributed by atoms with van der Waals surface area (Å²) in [6.45, 7) is 5.27. The van der Waals surface area contributed by atoms with Gasteiger partial charge in [0.1, 0.15) is 6.10 Å². The number of ether oxygens (including phenoxy) is 1. The van der Waals surface area contributed by atoms with Crippen LogP contribution >= 0.6 is 0 Å². The molecule has 2 heterocycles. The summed E-state index contributed by atoms with van der Waals surface area (Å²) in [7, 11) is -1.64. The topological polar surface area (TPSA) is 115 Å². The van der Waals surface area contributed by atoms with Gasteiger partial charge in [-0.15, -0.1) is 0 Å². The second-order valence-electron chi connectivity index (χ2n) is 9.15. The van der Waals surface area contributed by atoms with E-state index in [0.717, 1.165) is 11.3 Å². The van der Waals surface area contributed by atoms with Crippen molar-refractivity contribution in [1.82, 2.24) is 20.1 Å². The Morgan fingerprint density at radius 3 is 2.58 bits per heavy atom. The minimum atomic E-state index is -3.47. The quantitative estimate of drug-likeness (QED) is 0.301. The molecule has 2 N–H and O–H groups in total. The first-order valence-electron chi connectivity index (χ1n) is 12.2. The fourth-order valence-corrected chi connectivity index (χ4v) is 5.13. The minimum absolute atomic E-state index is 0.0935. The third kappa shape index (κ3) is 6.20. The van der Waals surface area contributed by atoms with E-state index >= 15 is 0 Å². The summed E-state index contributed by atoms with van der Waals surface area (Å²) in [4.78, 5) is 17.6. The molecule has 0 fully saturated rings. The van der Waals surface area contributed by atoms with E-state index in [1.54, 1.807) is 79.5 Å². The Kier molecular flexibility index (Phi) is 8.11. The zero-order chi connectivity index (χ0) is 27.3. The molecule has 0 saturated carbocycles. The van der Waals surface area contributed by atoms with E-state index in [4.69, 9.17) is 4.74 Å². The lowest BCUT2D eigenvalue weighted by Gasteiger charge is -2.18. The van der Waals surface area contributed by atoms with E-state index in [0.29, 0.717) is 22.7 Å². The largest absolute Gasteiger partial charge is 0.482 e. The highest BCUT2D eigenvalue weighted by Crippen LogP contribution is 2.29. The molecule has 0 spiro atoms. The average molecular weight is 534 g/mol. The van der Waals surface area contributed by atoms with Crippen molar-refractivity contribution in [3.63, 3.8) is 0 Å². The summed E-state index contributed by atoms with van der Waals surface area (Å²) in [5.74, 6) is 0.800. The number of hydrogen-bond donors (Lipinski definition) is 2. The molecule has 0 radical (unpaired) electrons. The van der Waals surface area contributed by atoms with Gasteiger partial charge >= 0.3 is 0 Å². The average Bonchev–Trinajstić information content (AvgIpc) is 3.32. The predicted octanol–water partition coefficient (Wildman–Crippen LogP) is 4.81. The Hall–Kier alpha value is -4.18. The summed E-state index contributed by atoms with van der Waals surface area (Å²) in [6.07, 6.45) is 4.82. The van der Waals surface area contributed by atoms with Crippen molar-refractivity contribution in [3.05, 3.63) is 95.9 Å². The van der Waals surface area contributed by atoms with Gasteiger partial charge in [-0.25, -0.2) is 13.4 Å². The molecule has 38 heavy (non-hydrogen) atoms. The molecule has 10 heteroatoms. The van der Waals surface area contributed by atoms with Crippen molar-refractivity contribution in [1.29, 1.82) is 0 Å². The van der Waals surface area contributed by atoms with Gasteiger partial charge in [-0.3, -0.25) is 9.48 Å². The van der Waals surface area contributed by atoms with E-state index < -0.39 is 15.1 Å². The number of aromatic nitrogens is 3. The van der Waals surface area contributed by atoms with Gasteiger partial charge < -0.3 is 15.4 Å². The molecule has 1 unspecified atom stereocenters. The van der Waals surface area contributed by atoms with E-state index in [1.807, 2.05) is 32.3 Å². The lowest BCUT2D eigenvalue weighted by molar-refractivity contribution is 0.0950. The molecule has 1 amide bonds. The van der Waals surface area contributed by atoms with Crippen LogP contribution in [0.5, 0.6) is 5.75 Å². The third-order valence-electron chi connectivity index (χ3n) is 6.00. The molecule has 0 aliphatic carbocycles. The maximum atomic E-state index is 13.0. The number of pyridine rings is 1. The first-order valence-corrected chi connectivity index (χ1v) is 13.8. The van der Waals surface area contributed by atoms with Gasteiger partial charge in [0.25, 0.3) is 5.91 Å². The maximum absolute atomic E-state index is 13.0. The Balaban J connectivity index is 1.46. The van der Waals surface area contributed by atoms with E-state index in [2.05, 4.69) is 20.7 Å². The highest BCUT2D eigenvalue weighted by Gasteiger charge is 2.22. The number of aryl methyl sites for hydroxylation is 1. The Morgan fingerprint density at radius 1 is 1.05 bits per heavy atom. The smallest absolute Gasteiger partial charge is 0.251 e. The molecule has 0 aliphatic heterocycles. The molecule has 0 aliphatic rings. The summed E-state index contributed by atoms with van der Waals surface area (Å²) in [6, 6.07) is 17.5. The fraction of sp³-hybridized carbons (Fsp3) is 0.250. The molecular weight excluding hydrogens is 502 g/mol. The molecule has 2 aromatic carbocycles. The molecule has 2 aromatic heterocycles. The maximum Gasteiger partial charge on any atom is 0.251 e. The highest BCUT2D eigenvalue weighted by molar-refractivity contribution is 7.92. The number of anilines is 2. The standard InChI is InChI=1S/C28H31N5O4S/c1-19(2)38(35,36)26-13-6-5-9-23(26)16-30-28(34)22-11-7-10-21(15-22)20(3)37-25-12-8-14-29-27(25)32-24-17-31-33(4)18-24/h5-15,17-20H,16H2,1-4H3,(H,29,32)(H,30,34). The van der Waals surface area contributed by atoms with Gasteiger partial charge in [-0.05, 0) is 62.2 Å². The van der Waals surface area contributed by atoms with Crippen LogP contribution in [0.3, 0.4) is 0 Å². The van der Waals surface area contributed by atoms with Crippen molar-refractivity contribution in [3.8, 4) is 5.75 Å². The highest BCUT2D eigenvalue weighted by atomic mass is 32.2. The monoisotopic (exact) mass is 533 g/mol. The lowest BCUT2D eigenvalue weighted by Crippen LogP contribution is -2.25. The van der Waals surface area contributed by atoms with E-state index in [1.165, 1.54) is 0 Å². The molecule has 0 saturated heterocycles. The number of carbonyl (C=O) groups is 1. The van der Waals surface area contributed by atoms with Crippen molar-refractivity contribution >= 4 is 27.2 Å². The van der Waals surface area contributed by atoms with Crippen LogP contribution in [0.15, 0.2) is 84.1 Å². The number of nitrogens with zero attached hydrogens (tertiary/aromatic N) is 3. The van der Waals surface area contributed by atoms with Crippen LogP contribution in [0.2, 0.25) is 0 Å². The molecule has 9 nitrogen and oxygen atoms in total. The van der Waals surface area contributed by atoms with Crippen LogP contribution < -0.4 is 15.4 Å². The van der Waals surface area contributed by atoms with E-state index in [9.17, 15) is 13.2 Å². The second-order valence-corrected chi connectivity index (χ2v) is 11.6. The number of rotatable bonds is 10. The Morgan fingerprint density at radius 2 is 1.84 bits per heavy atom. The number of sulfone groups is 1. The summed E-state index contributed by atoms with van der Waals surface area (Å²) in [5, 5.41) is 9.65. The van der Waals surface area contributed by atoms with Crippen LogP contribution in [0, 0.1) is 0 Å². The first kappa shape index (κ1) is 26.9. The molecule has 0 bridgehead atoms. The van der Waals surface area contributed by atoms with Crippen LogP contribution in [-0.2, 0) is 23.4 Å². The molecule has 4 aromatic rings. The molecule has 198 valence electrons. The van der Waals surface area contributed by atoms with Crippen molar-refractivity contribution < 1.29 is 17.9 Å². The van der Waals surface area contributed by atoms with Gasteiger partial charge in [-0.2, -0.15) is 5.10 Å². The van der Waals surface area contributed by atoms with Crippen molar-refractivity contribution in [2.24, 2.45) is 7.05 Å². The SMILES string of the molecule is CC(Oc1cccnc1Nc1cnn(C)c1)c1cccc(C(=O)NCc2ccccc2S(=O)(=O)C(C)C)c1. The Labute approximate surface area is 222 Å². The summed E-state index contributed by atoms with van der Waals surface area (Å²) >= 11 is 0. The zero-order valence-electron chi connectivity index (χ0n) is 21.8. The second kappa shape index (κ2) is 11.5. The number of nitrogens with one attached hydrogen (secondary N) is 2. The third-order valence-corrected chi connectivity index (χ3v) is 8.25. The first-order chi connectivity index (χ1) is 18.1. The van der Waals surface area contributed by atoms with Gasteiger partial charge in [-0.1, -0.05) is 30.3 Å². The minimum Gasteiger partial charge on any atom is -0.482 e. The van der Waals surface area contributed by atoms with Crippen molar-refractivity contribution in [2.45, 2.75) is 43.6 Å². The van der Waals surface area contributed by atoms with E-state index in [-0.39, 0.29) is 23.5 Å². The Bertz CT molecular complexity index is 1530. The van der Waals surface area contributed by atoms with Gasteiger partial charge in [0, 0.05) is 31.5 Å². The lowest BCUT2D eigenvalue weighted by atomic mass is 10.1. The van der Waals surface area contributed by atoms with Crippen LogP contribution in [0.25, 0.3) is 0 Å². The summed E-state index contributed by atoms with van der Waals surface area (Å²) in [5.41, 5.74) is 2.58. The molecular formula is C28H31N5O4S. The predicted molar refractivity (Wildman–Crippen MR) is 146 cm³/mol. The van der Waals surface area contributed by atoms with Gasteiger partial charge in [0.2, 0.25) is 0 Å². The number of amides is 1. The number of carbonyl (C=O) groups excluding carboxylic acids is 1. The van der Waals surface area contributed by atoms with Crippen LogP contribution in [0.4, 0.5) is 11.5 Å². The normalized spacial score (nSPS) is 12.2. The number of hydrogen-bond acceptors (Lipinski definition) is 7. The summed E-state index contributed by atoms with van der Waals surface area (Å²) < 4.78 is 33.3. The fourth-order valence-electron chi connectivity index (χ4n) is 3.85. The van der Waals surface area contributed by atoms with Crippen LogP contribution in [0.1, 0.15) is 48.4 Å². The van der Waals surface area contributed by atoms with Gasteiger partial charge in [0.15, 0.2) is 21.4 Å². The van der Waals surface area contributed by atoms with Gasteiger partial charge in [0.05, 0.1) is 22.0 Å². The molecule has 1 atom stereocenters. The molecule has 4 rings (SSSR count). The van der Waals surface area contributed by atoms with Crippen molar-refractivity contribution in [2.75, 3.05) is 5.32 Å².